The Bertz CT molecular complexity index is 357. The molecule has 1 aromatic heterocycles. The highest BCUT2D eigenvalue weighted by molar-refractivity contribution is 5.03. The molecule has 1 aromatic rings. The molecule has 0 aliphatic carbocycles. The van der Waals surface area contributed by atoms with E-state index in [4.69, 9.17) is 9.47 Å². The van der Waals surface area contributed by atoms with Crippen LogP contribution in [-0.2, 0) is 16.0 Å². The van der Waals surface area contributed by atoms with E-state index < -0.39 is 0 Å². The largest absolute Gasteiger partial charge is 0.350 e. The van der Waals surface area contributed by atoms with Gasteiger partial charge in [0.2, 0.25) is 0 Å². The van der Waals surface area contributed by atoms with Gasteiger partial charge in [-0.1, -0.05) is 6.07 Å². The predicted molar refractivity (Wildman–Crippen MR) is 67.9 cm³/mol. The van der Waals surface area contributed by atoms with Gasteiger partial charge < -0.3 is 9.47 Å². The van der Waals surface area contributed by atoms with Crippen LogP contribution >= 0.6 is 0 Å². The first-order chi connectivity index (χ1) is 8.92. The lowest BCUT2D eigenvalue weighted by Crippen LogP contribution is -2.37. The van der Waals surface area contributed by atoms with Gasteiger partial charge in [0.25, 0.3) is 0 Å². The number of hydrogen-bond donors (Lipinski definition) is 0. The number of nitrogens with zero attached hydrogens (tertiary/aromatic N) is 2. The van der Waals surface area contributed by atoms with Crippen molar-refractivity contribution < 1.29 is 9.47 Å². The summed E-state index contributed by atoms with van der Waals surface area (Å²) in [6, 6.07) is 6.11. The van der Waals surface area contributed by atoms with Crippen molar-refractivity contribution in [3.63, 3.8) is 0 Å². The Labute approximate surface area is 108 Å². The predicted octanol–water partition coefficient (Wildman–Crippen LogP) is 1.67. The number of likely N-dealkylation sites (tertiary alicyclic amines) is 1. The van der Waals surface area contributed by atoms with Gasteiger partial charge in [0.05, 0.1) is 18.9 Å². The standard InChI is InChI=1S/C14H20N2O2/c1-2-6-15-13(3-1)11-16-7-4-12(5-8-16)14-17-9-10-18-14/h1-3,6,12,14H,4-5,7-11H2. The Kier molecular flexibility index (Phi) is 3.88. The molecule has 0 aromatic carbocycles. The molecule has 2 aliphatic rings. The fourth-order valence-corrected chi connectivity index (χ4v) is 2.75. The molecule has 3 heterocycles. The molecule has 0 spiro atoms. The summed E-state index contributed by atoms with van der Waals surface area (Å²) in [5.74, 6) is 0.576. The lowest BCUT2D eigenvalue weighted by atomic mass is 9.96. The average Bonchev–Trinajstić information content (AvgIpc) is 2.95. The molecule has 18 heavy (non-hydrogen) atoms. The van der Waals surface area contributed by atoms with Crippen molar-refractivity contribution in [1.82, 2.24) is 9.88 Å². The van der Waals surface area contributed by atoms with Crippen molar-refractivity contribution in [3.05, 3.63) is 30.1 Å². The molecule has 98 valence electrons. The van der Waals surface area contributed by atoms with Crippen LogP contribution in [0.15, 0.2) is 24.4 Å². The van der Waals surface area contributed by atoms with Gasteiger partial charge in [-0.25, -0.2) is 0 Å². The van der Waals surface area contributed by atoms with Gasteiger partial charge in [-0.3, -0.25) is 9.88 Å². The van der Waals surface area contributed by atoms with Gasteiger partial charge in [0.15, 0.2) is 6.29 Å². The third kappa shape index (κ3) is 2.88. The molecule has 2 saturated heterocycles. The first kappa shape index (κ1) is 12.1. The fraction of sp³-hybridized carbons (Fsp3) is 0.643. The fourth-order valence-electron chi connectivity index (χ4n) is 2.75. The highest BCUT2D eigenvalue weighted by Gasteiger charge is 2.30. The third-order valence-corrected chi connectivity index (χ3v) is 3.78. The molecule has 4 nitrogen and oxygen atoms in total. The summed E-state index contributed by atoms with van der Waals surface area (Å²) >= 11 is 0. The zero-order valence-corrected chi connectivity index (χ0v) is 10.6. The van der Waals surface area contributed by atoms with E-state index in [2.05, 4.69) is 22.0 Å². The van der Waals surface area contributed by atoms with Crippen LogP contribution in [0.5, 0.6) is 0 Å². The lowest BCUT2D eigenvalue weighted by Gasteiger charge is -2.33. The minimum Gasteiger partial charge on any atom is -0.350 e. The molecule has 0 unspecified atom stereocenters. The summed E-state index contributed by atoms with van der Waals surface area (Å²) < 4.78 is 11.2. The Morgan fingerprint density at radius 3 is 2.61 bits per heavy atom. The van der Waals surface area contributed by atoms with Gasteiger partial charge >= 0.3 is 0 Å². The molecule has 0 radical (unpaired) electrons. The molecule has 4 heteroatoms. The summed E-state index contributed by atoms with van der Waals surface area (Å²) in [7, 11) is 0. The van der Waals surface area contributed by atoms with Crippen LogP contribution in [0.2, 0.25) is 0 Å². The average molecular weight is 248 g/mol. The van der Waals surface area contributed by atoms with Crippen molar-refractivity contribution in [3.8, 4) is 0 Å². The van der Waals surface area contributed by atoms with Crippen LogP contribution in [0.4, 0.5) is 0 Å². The minimum absolute atomic E-state index is 0.0574. The molecule has 3 rings (SSSR count). The molecule has 0 atom stereocenters. The van der Waals surface area contributed by atoms with Crippen molar-refractivity contribution in [2.75, 3.05) is 26.3 Å². The minimum atomic E-state index is 0.0574. The Hall–Kier alpha value is -0.970. The van der Waals surface area contributed by atoms with E-state index in [1.807, 2.05) is 12.3 Å². The van der Waals surface area contributed by atoms with Crippen molar-refractivity contribution in [1.29, 1.82) is 0 Å². The van der Waals surface area contributed by atoms with E-state index in [0.29, 0.717) is 5.92 Å². The van der Waals surface area contributed by atoms with Crippen LogP contribution in [0.1, 0.15) is 18.5 Å². The SMILES string of the molecule is c1ccc(CN2CCC(C3OCCO3)CC2)nc1. The molecular formula is C14H20N2O2. The van der Waals surface area contributed by atoms with E-state index >= 15 is 0 Å². The Balaban J connectivity index is 1.48. The summed E-state index contributed by atoms with van der Waals surface area (Å²) in [5.41, 5.74) is 1.16. The van der Waals surface area contributed by atoms with Crippen molar-refractivity contribution >= 4 is 0 Å². The number of pyridine rings is 1. The van der Waals surface area contributed by atoms with E-state index in [1.165, 1.54) is 0 Å². The molecular weight excluding hydrogens is 228 g/mol. The molecule has 2 aliphatic heterocycles. The second kappa shape index (κ2) is 5.78. The van der Waals surface area contributed by atoms with Gasteiger partial charge in [-0.2, -0.15) is 0 Å². The highest BCUT2D eigenvalue weighted by Crippen LogP contribution is 2.26. The number of ether oxygens (including phenoxy) is 2. The monoisotopic (exact) mass is 248 g/mol. The summed E-state index contributed by atoms with van der Waals surface area (Å²) in [4.78, 5) is 6.84. The van der Waals surface area contributed by atoms with Crippen molar-refractivity contribution in [2.45, 2.75) is 25.7 Å². The van der Waals surface area contributed by atoms with Crippen LogP contribution in [0.3, 0.4) is 0 Å². The Morgan fingerprint density at radius 1 is 1.17 bits per heavy atom. The topological polar surface area (TPSA) is 34.6 Å². The van der Waals surface area contributed by atoms with Crippen LogP contribution in [-0.4, -0.2) is 42.5 Å². The van der Waals surface area contributed by atoms with Crippen LogP contribution in [0.25, 0.3) is 0 Å². The van der Waals surface area contributed by atoms with E-state index in [9.17, 15) is 0 Å². The van der Waals surface area contributed by atoms with Gasteiger partial charge in [-0.05, 0) is 38.1 Å². The van der Waals surface area contributed by atoms with Gasteiger partial charge in [-0.15, -0.1) is 0 Å². The maximum Gasteiger partial charge on any atom is 0.160 e. The zero-order valence-electron chi connectivity index (χ0n) is 10.6. The first-order valence-corrected chi connectivity index (χ1v) is 6.77. The smallest absolute Gasteiger partial charge is 0.160 e. The van der Waals surface area contributed by atoms with Crippen LogP contribution in [0, 0.1) is 5.92 Å². The zero-order chi connectivity index (χ0) is 12.2. The quantitative estimate of drug-likeness (QED) is 0.815. The second-order valence-electron chi connectivity index (χ2n) is 5.04. The van der Waals surface area contributed by atoms with E-state index in [1.54, 1.807) is 0 Å². The van der Waals surface area contributed by atoms with Crippen molar-refractivity contribution in [2.24, 2.45) is 5.92 Å². The number of hydrogen-bond acceptors (Lipinski definition) is 4. The maximum absolute atomic E-state index is 5.59. The summed E-state index contributed by atoms with van der Waals surface area (Å²) in [6.07, 6.45) is 4.25. The number of aromatic nitrogens is 1. The van der Waals surface area contributed by atoms with Gasteiger partial charge in [0.1, 0.15) is 0 Å². The second-order valence-corrected chi connectivity index (χ2v) is 5.04. The highest BCUT2D eigenvalue weighted by atomic mass is 16.7. The Morgan fingerprint density at radius 2 is 1.94 bits per heavy atom. The van der Waals surface area contributed by atoms with E-state index in [-0.39, 0.29) is 6.29 Å². The number of rotatable bonds is 3. The lowest BCUT2D eigenvalue weighted by molar-refractivity contribution is -0.0978. The maximum atomic E-state index is 5.59. The number of piperidine rings is 1. The summed E-state index contributed by atoms with van der Waals surface area (Å²) in [5, 5.41) is 0. The molecule has 0 saturated carbocycles. The molecule has 0 N–H and O–H groups in total. The molecule has 0 amide bonds. The summed E-state index contributed by atoms with van der Waals surface area (Å²) in [6.45, 7) is 4.71. The van der Waals surface area contributed by atoms with Gasteiger partial charge in [0, 0.05) is 18.7 Å². The molecule has 2 fully saturated rings. The molecule has 0 bridgehead atoms. The normalized spacial score (nSPS) is 23.6. The van der Waals surface area contributed by atoms with E-state index in [0.717, 1.165) is 51.4 Å². The third-order valence-electron chi connectivity index (χ3n) is 3.78. The van der Waals surface area contributed by atoms with Crippen LogP contribution < -0.4 is 0 Å². The first-order valence-electron chi connectivity index (χ1n) is 6.77.